The van der Waals surface area contributed by atoms with Gasteiger partial charge in [-0.1, -0.05) is 31.5 Å². The van der Waals surface area contributed by atoms with Gasteiger partial charge in [0.05, 0.1) is 5.41 Å². The van der Waals surface area contributed by atoms with Crippen molar-refractivity contribution in [2.24, 2.45) is 22.2 Å². The van der Waals surface area contributed by atoms with Gasteiger partial charge in [-0.15, -0.1) is 0 Å². The summed E-state index contributed by atoms with van der Waals surface area (Å²) < 4.78 is 0. The average molecular weight is 357 g/mol. The number of hydrogen-bond acceptors (Lipinski definition) is 2. The summed E-state index contributed by atoms with van der Waals surface area (Å²) in [6.45, 7) is 6.83. The quantitative estimate of drug-likeness (QED) is 0.748. The van der Waals surface area contributed by atoms with E-state index in [1.54, 1.807) is 0 Å². The molecule has 1 aromatic carbocycles. The van der Waals surface area contributed by atoms with Crippen LogP contribution in [0.3, 0.4) is 0 Å². The van der Waals surface area contributed by atoms with Crippen LogP contribution in [0, 0.1) is 29.1 Å². The van der Waals surface area contributed by atoms with Gasteiger partial charge in [0.2, 0.25) is 5.91 Å². The number of carbonyl (C=O) groups excluding carboxylic acids is 1. The number of amides is 1. The van der Waals surface area contributed by atoms with Crippen LogP contribution in [0.2, 0.25) is 0 Å². The Hall–Kier alpha value is -1.42. The lowest BCUT2D eigenvalue weighted by atomic mass is 9.40. The van der Waals surface area contributed by atoms with Crippen molar-refractivity contribution in [3.63, 3.8) is 0 Å². The number of thiocarbonyl (C=S) groups is 1. The second-order valence-electron chi connectivity index (χ2n) is 9.68. The Morgan fingerprint density at radius 3 is 2.20 bits per heavy atom. The molecule has 2 atom stereocenters. The largest absolute Gasteiger partial charge is 0.332 e. The number of carbonyl (C=O) groups is 1. The van der Waals surface area contributed by atoms with Crippen molar-refractivity contribution in [3.05, 3.63) is 29.8 Å². The van der Waals surface area contributed by atoms with Gasteiger partial charge in [0.25, 0.3) is 0 Å². The summed E-state index contributed by atoms with van der Waals surface area (Å²) in [6, 6.07) is 8.04. The van der Waals surface area contributed by atoms with E-state index in [1.807, 2.05) is 24.3 Å². The van der Waals surface area contributed by atoms with Crippen molar-refractivity contribution in [2.75, 3.05) is 5.32 Å². The number of rotatable bonds is 2. The minimum Gasteiger partial charge on any atom is -0.332 e. The van der Waals surface area contributed by atoms with Gasteiger partial charge in [0.1, 0.15) is 0 Å². The molecule has 0 saturated heterocycles. The molecule has 0 radical (unpaired) electrons. The highest BCUT2D eigenvalue weighted by atomic mass is 32.1. The highest BCUT2D eigenvalue weighted by Crippen LogP contribution is 2.69. The number of hydrogen-bond donors (Lipinski definition) is 2. The molecule has 134 valence electrons. The lowest BCUT2D eigenvalue weighted by molar-refractivity contribution is -0.168. The fourth-order valence-electron chi connectivity index (χ4n) is 6.74. The van der Waals surface area contributed by atoms with Gasteiger partial charge < -0.3 is 10.6 Å². The van der Waals surface area contributed by atoms with Gasteiger partial charge in [-0.3, -0.25) is 4.79 Å². The molecule has 4 bridgehead atoms. The van der Waals surface area contributed by atoms with E-state index < -0.39 is 0 Å². The van der Waals surface area contributed by atoms with E-state index in [1.165, 1.54) is 24.8 Å². The number of benzene rings is 1. The maximum absolute atomic E-state index is 13.2. The minimum atomic E-state index is -0.220. The van der Waals surface area contributed by atoms with Crippen LogP contribution in [-0.4, -0.2) is 11.0 Å². The van der Waals surface area contributed by atoms with E-state index >= 15 is 0 Å². The number of nitrogens with one attached hydrogen (secondary N) is 2. The highest BCUT2D eigenvalue weighted by molar-refractivity contribution is 7.80. The molecule has 3 nitrogen and oxygen atoms in total. The molecular weight excluding hydrogens is 328 g/mol. The second-order valence-corrected chi connectivity index (χ2v) is 10.1. The molecule has 4 saturated carbocycles. The first kappa shape index (κ1) is 17.0. The molecule has 0 unspecified atom stereocenters. The molecule has 1 aromatic rings. The van der Waals surface area contributed by atoms with Crippen LogP contribution in [0.25, 0.3) is 0 Å². The van der Waals surface area contributed by atoms with Crippen LogP contribution in [0.5, 0.6) is 0 Å². The van der Waals surface area contributed by atoms with Crippen molar-refractivity contribution in [1.29, 1.82) is 0 Å². The maximum Gasteiger partial charge on any atom is 0.232 e. The molecule has 0 heterocycles. The van der Waals surface area contributed by atoms with Crippen molar-refractivity contribution in [2.45, 2.75) is 59.3 Å². The van der Waals surface area contributed by atoms with Gasteiger partial charge in [-0.25, -0.2) is 0 Å². The summed E-state index contributed by atoms with van der Waals surface area (Å²) in [5, 5.41) is 6.58. The molecule has 4 fully saturated rings. The summed E-state index contributed by atoms with van der Waals surface area (Å²) in [5.41, 5.74) is 2.56. The SMILES string of the molecule is Cc1ccc(NC(=S)NC(=O)C23CC4C[C@@](C)(C2)C[C@@](C)(C4)C3)cc1. The Kier molecular flexibility index (Phi) is 3.77. The molecule has 0 spiro atoms. The second kappa shape index (κ2) is 5.54. The first-order chi connectivity index (χ1) is 11.7. The first-order valence-corrected chi connectivity index (χ1v) is 9.79. The Morgan fingerprint density at radius 2 is 1.64 bits per heavy atom. The molecule has 4 aliphatic carbocycles. The van der Waals surface area contributed by atoms with E-state index in [-0.39, 0.29) is 11.3 Å². The van der Waals surface area contributed by atoms with E-state index in [9.17, 15) is 4.79 Å². The number of aryl methyl sites for hydroxylation is 1. The Bertz CT molecular complexity index is 708. The molecule has 0 aromatic heterocycles. The van der Waals surface area contributed by atoms with Crippen LogP contribution in [0.15, 0.2) is 24.3 Å². The van der Waals surface area contributed by atoms with Crippen molar-refractivity contribution < 1.29 is 4.79 Å². The zero-order valence-electron chi connectivity index (χ0n) is 15.4. The van der Waals surface area contributed by atoms with Crippen LogP contribution in [0.4, 0.5) is 5.69 Å². The van der Waals surface area contributed by atoms with E-state index in [0.717, 1.165) is 24.9 Å². The zero-order valence-corrected chi connectivity index (χ0v) is 16.3. The van der Waals surface area contributed by atoms with Gasteiger partial charge in [0, 0.05) is 5.69 Å². The lowest BCUT2D eigenvalue weighted by Crippen LogP contribution is -2.60. The molecule has 4 heteroatoms. The highest BCUT2D eigenvalue weighted by Gasteiger charge is 2.62. The maximum atomic E-state index is 13.2. The first-order valence-electron chi connectivity index (χ1n) is 9.39. The average Bonchev–Trinajstić information content (AvgIpc) is 2.45. The third-order valence-electron chi connectivity index (χ3n) is 6.64. The summed E-state index contributed by atoms with van der Waals surface area (Å²) in [6.07, 6.45) is 6.94. The molecule has 2 N–H and O–H groups in total. The zero-order chi connectivity index (χ0) is 17.9. The van der Waals surface area contributed by atoms with Crippen molar-refractivity contribution in [1.82, 2.24) is 5.32 Å². The summed E-state index contributed by atoms with van der Waals surface area (Å²) in [4.78, 5) is 13.2. The number of anilines is 1. The van der Waals surface area contributed by atoms with E-state index in [2.05, 4.69) is 31.4 Å². The Balaban J connectivity index is 1.47. The minimum absolute atomic E-state index is 0.138. The van der Waals surface area contributed by atoms with Crippen LogP contribution in [-0.2, 0) is 4.79 Å². The van der Waals surface area contributed by atoms with E-state index in [4.69, 9.17) is 12.2 Å². The van der Waals surface area contributed by atoms with Crippen LogP contribution >= 0.6 is 12.2 Å². The molecule has 5 rings (SSSR count). The van der Waals surface area contributed by atoms with Gasteiger partial charge >= 0.3 is 0 Å². The van der Waals surface area contributed by atoms with Gasteiger partial charge in [0.15, 0.2) is 5.11 Å². The molecule has 0 aliphatic heterocycles. The summed E-state index contributed by atoms with van der Waals surface area (Å²) >= 11 is 5.41. The van der Waals surface area contributed by atoms with Gasteiger partial charge in [-0.05, 0) is 86.5 Å². The predicted octanol–water partition coefficient (Wildman–Crippen LogP) is 4.80. The normalized spacial score (nSPS) is 38.4. The Labute approximate surface area is 156 Å². The summed E-state index contributed by atoms with van der Waals surface area (Å²) in [5.74, 6) is 0.842. The van der Waals surface area contributed by atoms with Crippen molar-refractivity contribution in [3.8, 4) is 0 Å². The standard InChI is InChI=1S/C21H28N2OS/c1-14-4-6-16(7-5-14)22-18(25)23-17(24)21-10-15-8-19(2,12-21)11-20(3,9-15)13-21/h4-7,15H,8-13H2,1-3H3,(H2,22,23,24,25)/t15?,19-,20-,21?/m1/s1. The fourth-order valence-corrected chi connectivity index (χ4v) is 6.95. The molecular formula is C21H28N2OS. The van der Waals surface area contributed by atoms with Crippen molar-refractivity contribution >= 4 is 28.9 Å². The lowest BCUT2D eigenvalue weighted by Gasteiger charge is -2.64. The smallest absolute Gasteiger partial charge is 0.232 e. The Morgan fingerprint density at radius 1 is 1.04 bits per heavy atom. The topological polar surface area (TPSA) is 41.1 Å². The van der Waals surface area contributed by atoms with Gasteiger partial charge in [-0.2, -0.15) is 0 Å². The third kappa shape index (κ3) is 3.10. The van der Waals surface area contributed by atoms with Crippen LogP contribution in [0.1, 0.15) is 57.9 Å². The summed E-state index contributed by atoms with van der Waals surface area (Å²) in [7, 11) is 0. The molecule has 25 heavy (non-hydrogen) atoms. The third-order valence-corrected chi connectivity index (χ3v) is 6.85. The monoisotopic (exact) mass is 356 g/mol. The fraction of sp³-hybridized carbons (Fsp3) is 0.619. The van der Waals surface area contributed by atoms with E-state index in [0.29, 0.717) is 21.9 Å². The molecule has 4 aliphatic rings. The molecule has 1 amide bonds. The predicted molar refractivity (Wildman–Crippen MR) is 105 cm³/mol. The van der Waals surface area contributed by atoms with Crippen LogP contribution < -0.4 is 10.6 Å².